The molecule has 10 heteroatoms. The molecule has 0 spiro atoms. The molecule has 28 heavy (non-hydrogen) atoms. The summed E-state index contributed by atoms with van der Waals surface area (Å²) in [7, 11) is 0. The largest absolute Gasteiger partial charge is 0.336 e. The average Bonchev–Trinajstić information content (AvgIpc) is 3.10. The number of halogens is 2. The zero-order valence-corrected chi connectivity index (χ0v) is 18.0. The fraction of sp³-hybridized carbons (Fsp3) is 0.444. The van der Waals surface area contributed by atoms with Gasteiger partial charge in [-0.3, -0.25) is 9.59 Å². The molecule has 0 radical (unpaired) electrons. The maximum Gasteiger partial charge on any atom is 0.273 e. The first-order valence-corrected chi connectivity index (χ1v) is 9.63. The van der Waals surface area contributed by atoms with Crippen LogP contribution >= 0.6 is 36.2 Å². The highest BCUT2D eigenvalue weighted by atomic mass is 35.5. The zero-order valence-electron chi connectivity index (χ0n) is 15.6. The molecule has 154 valence electrons. The van der Waals surface area contributed by atoms with Crippen LogP contribution in [0.1, 0.15) is 34.0 Å². The lowest BCUT2D eigenvalue weighted by Gasteiger charge is -2.31. The number of hydrogen-bond donors (Lipinski definition) is 2. The summed E-state index contributed by atoms with van der Waals surface area (Å²) < 4.78 is 0. The van der Waals surface area contributed by atoms with Crippen LogP contribution in [-0.2, 0) is 11.2 Å². The molecular weight excluding hydrogens is 421 g/mol. The SMILES string of the molecule is Cc1cccc(NC(=O)C2CCCN(C(=O)c3csc(CCN)n3)C2)n1.Cl.Cl. The number of pyridine rings is 1. The number of hydrogen-bond acceptors (Lipinski definition) is 6. The lowest BCUT2D eigenvalue weighted by Crippen LogP contribution is -2.44. The fourth-order valence-electron chi connectivity index (χ4n) is 3.03. The zero-order chi connectivity index (χ0) is 18.5. The second-order valence-electron chi connectivity index (χ2n) is 6.41. The molecule has 0 aromatic carbocycles. The normalized spacial score (nSPS) is 15.9. The quantitative estimate of drug-likeness (QED) is 0.736. The molecule has 3 rings (SSSR count). The molecular formula is C18H25Cl2N5O2S. The van der Waals surface area contributed by atoms with Crippen molar-refractivity contribution in [3.8, 4) is 0 Å². The third-order valence-corrected chi connectivity index (χ3v) is 5.26. The summed E-state index contributed by atoms with van der Waals surface area (Å²) in [5.74, 6) is 0.0972. The summed E-state index contributed by atoms with van der Waals surface area (Å²) in [6.45, 7) is 3.44. The highest BCUT2D eigenvalue weighted by molar-refractivity contribution is 7.09. The Morgan fingerprint density at radius 2 is 2.11 bits per heavy atom. The van der Waals surface area contributed by atoms with Gasteiger partial charge in [0.1, 0.15) is 11.5 Å². The first kappa shape index (κ1) is 24.3. The summed E-state index contributed by atoms with van der Waals surface area (Å²) in [4.78, 5) is 35.6. The van der Waals surface area contributed by atoms with Gasteiger partial charge in [-0.1, -0.05) is 6.07 Å². The van der Waals surface area contributed by atoms with Gasteiger partial charge in [-0.05, 0) is 38.4 Å². The van der Waals surface area contributed by atoms with E-state index in [2.05, 4.69) is 15.3 Å². The number of amides is 2. The number of likely N-dealkylation sites (tertiary alicyclic amines) is 1. The van der Waals surface area contributed by atoms with Crippen LogP contribution in [0.3, 0.4) is 0 Å². The van der Waals surface area contributed by atoms with Crippen LogP contribution < -0.4 is 11.1 Å². The molecule has 1 aliphatic heterocycles. The molecule has 0 bridgehead atoms. The molecule has 1 unspecified atom stereocenters. The first-order chi connectivity index (χ1) is 12.6. The molecule has 1 atom stereocenters. The van der Waals surface area contributed by atoms with Crippen LogP contribution in [0.15, 0.2) is 23.6 Å². The highest BCUT2D eigenvalue weighted by Crippen LogP contribution is 2.21. The van der Waals surface area contributed by atoms with Gasteiger partial charge in [0.2, 0.25) is 5.91 Å². The van der Waals surface area contributed by atoms with Gasteiger partial charge in [0.15, 0.2) is 0 Å². The maximum absolute atomic E-state index is 12.7. The second kappa shape index (κ2) is 11.3. The predicted octanol–water partition coefficient (Wildman–Crippen LogP) is 2.68. The number of anilines is 1. The molecule has 0 aliphatic carbocycles. The number of thiazole rings is 1. The van der Waals surface area contributed by atoms with Crippen LogP contribution in [0, 0.1) is 12.8 Å². The topological polar surface area (TPSA) is 101 Å². The van der Waals surface area contributed by atoms with Crippen molar-refractivity contribution >= 4 is 53.8 Å². The Morgan fingerprint density at radius 1 is 1.32 bits per heavy atom. The fourth-order valence-corrected chi connectivity index (χ4v) is 3.81. The highest BCUT2D eigenvalue weighted by Gasteiger charge is 2.30. The Morgan fingerprint density at radius 3 is 2.82 bits per heavy atom. The molecule has 7 nitrogen and oxygen atoms in total. The molecule has 2 amide bonds. The molecule has 3 N–H and O–H groups in total. The van der Waals surface area contributed by atoms with Crippen molar-refractivity contribution in [2.75, 3.05) is 25.0 Å². The second-order valence-corrected chi connectivity index (χ2v) is 7.35. The van der Waals surface area contributed by atoms with Crippen LogP contribution in [0.2, 0.25) is 0 Å². The number of carbonyl (C=O) groups excluding carboxylic acids is 2. The van der Waals surface area contributed by atoms with Crippen molar-refractivity contribution in [1.82, 2.24) is 14.9 Å². The predicted molar refractivity (Wildman–Crippen MR) is 116 cm³/mol. The van der Waals surface area contributed by atoms with E-state index >= 15 is 0 Å². The summed E-state index contributed by atoms with van der Waals surface area (Å²) in [5, 5.41) is 5.50. The number of nitrogens with zero attached hydrogens (tertiary/aromatic N) is 3. The van der Waals surface area contributed by atoms with Crippen LogP contribution in [0.4, 0.5) is 5.82 Å². The third-order valence-electron chi connectivity index (χ3n) is 4.35. The van der Waals surface area contributed by atoms with Crippen molar-refractivity contribution in [2.24, 2.45) is 11.7 Å². The van der Waals surface area contributed by atoms with E-state index in [4.69, 9.17) is 5.73 Å². The lowest BCUT2D eigenvalue weighted by atomic mass is 9.97. The summed E-state index contributed by atoms with van der Waals surface area (Å²) in [5.41, 5.74) is 6.83. The van der Waals surface area contributed by atoms with Gasteiger partial charge >= 0.3 is 0 Å². The van der Waals surface area contributed by atoms with E-state index in [9.17, 15) is 9.59 Å². The summed E-state index contributed by atoms with van der Waals surface area (Å²) in [6, 6.07) is 5.50. The van der Waals surface area contributed by atoms with Crippen LogP contribution in [-0.4, -0.2) is 46.3 Å². The number of aromatic nitrogens is 2. The minimum absolute atomic E-state index is 0. The van der Waals surface area contributed by atoms with E-state index in [-0.39, 0.29) is 42.5 Å². The van der Waals surface area contributed by atoms with Gasteiger partial charge < -0.3 is 16.0 Å². The Labute approximate surface area is 180 Å². The molecule has 1 aliphatic rings. The minimum Gasteiger partial charge on any atom is -0.336 e. The van der Waals surface area contributed by atoms with Gasteiger partial charge in [0.05, 0.1) is 10.9 Å². The van der Waals surface area contributed by atoms with Gasteiger partial charge in [-0.15, -0.1) is 36.2 Å². The number of piperidine rings is 1. The third kappa shape index (κ3) is 6.13. The van der Waals surface area contributed by atoms with Crippen LogP contribution in [0.25, 0.3) is 0 Å². The molecule has 2 aromatic rings. The van der Waals surface area contributed by atoms with Crippen molar-refractivity contribution in [3.05, 3.63) is 40.0 Å². The molecule has 0 saturated carbocycles. The molecule has 2 aromatic heterocycles. The van der Waals surface area contributed by atoms with E-state index in [0.29, 0.717) is 37.6 Å². The maximum atomic E-state index is 12.7. The van der Waals surface area contributed by atoms with E-state index in [1.54, 1.807) is 16.3 Å². The van der Waals surface area contributed by atoms with E-state index < -0.39 is 0 Å². The minimum atomic E-state index is -0.239. The Hall–Kier alpha value is -1.74. The van der Waals surface area contributed by atoms with Crippen molar-refractivity contribution in [3.63, 3.8) is 0 Å². The number of rotatable bonds is 5. The number of aryl methyl sites for hydroxylation is 1. The van der Waals surface area contributed by atoms with E-state index in [1.807, 2.05) is 19.1 Å². The molecule has 1 saturated heterocycles. The first-order valence-electron chi connectivity index (χ1n) is 8.75. The van der Waals surface area contributed by atoms with E-state index in [0.717, 1.165) is 23.5 Å². The standard InChI is InChI=1S/C18H23N5O2S.2ClH/c1-12-4-2-6-15(20-12)22-17(24)13-5-3-9-23(10-13)18(25)14-11-26-16(21-14)7-8-19;;/h2,4,6,11,13H,3,5,7-10,19H2,1H3,(H,20,22,24);2*1H. The van der Waals surface area contributed by atoms with Gasteiger partial charge in [0, 0.05) is 30.6 Å². The smallest absolute Gasteiger partial charge is 0.273 e. The average molecular weight is 446 g/mol. The van der Waals surface area contributed by atoms with Gasteiger partial charge in [-0.2, -0.15) is 0 Å². The molecule has 3 heterocycles. The molecule has 1 fully saturated rings. The summed E-state index contributed by atoms with van der Waals surface area (Å²) >= 11 is 1.45. The Kier molecular flexibility index (Phi) is 9.81. The van der Waals surface area contributed by atoms with Crippen molar-refractivity contribution in [2.45, 2.75) is 26.2 Å². The Bertz CT molecular complexity index is 802. The summed E-state index contributed by atoms with van der Waals surface area (Å²) in [6.07, 6.45) is 2.23. The number of nitrogens with one attached hydrogen (secondary N) is 1. The van der Waals surface area contributed by atoms with Crippen molar-refractivity contribution < 1.29 is 9.59 Å². The van der Waals surface area contributed by atoms with Gasteiger partial charge in [-0.25, -0.2) is 9.97 Å². The monoisotopic (exact) mass is 445 g/mol. The number of carbonyl (C=O) groups is 2. The lowest BCUT2D eigenvalue weighted by molar-refractivity contribution is -0.121. The van der Waals surface area contributed by atoms with Crippen molar-refractivity contribution in [1.29, 1.82) is 0 Å². The van der Waals surface area contributed by atoms with Gasteiger partial charge in [0.25, 0.3) is 5.91 Å². The van der Waals surface area contributed by atoms with E-state index in [1.165, 1.54) is 11.3 Å². The number of nitrogens with two attached hydrogens (primary N) is 1. The Balaban J connectivity index is 0.00000196. The van der Waals surface area contributed by atoms with Crippen LogP contribution in [0.5, 0.6) is 0 Å².